The number of hydrogen-bond donors (Lipinski definition) is 0. The minimum Gasteiger partial charge on any atom is -0.371 e. The van der Waals surface area contributed by atoms with Crippen molar-refractivity contribution in [2.75, 3.05) is 18.0 Å². The van der Waals surface area contributed by atoms with Crippen LogP contribution in [0.4, 0.5) is 5.69 Å². The molecule has 3 heterocycles. The predicted octanol–water partition coefficient (Wildman–Crippen LogP) is 8.53. The molecule has 0 fully saturated rings. The van der Waals surface area contributed by atoms with E-state index in [4.69, 9.17) is 4.98 Å². The Hall–Kier alpha value is -3.85. The maximum Gasteiger partial charge on any atom is 0.145 e. The minimum absolute atomic E-state index is 0.128. The van der Waals surface area contributed by atoms with Crippen molar-refractivity contribution in [1.29, 1.82) is 0 Å². The maximum absolute atomic E-state index is 5.30. The molecule has 0 aliphatic carbocycles. The van der Waals surface area contributed by atoms with E-state index in [0.717, 1.165) is 35.6 Å². The van der Waals surface area contributed by atoms with Gasteiger partial charge in [0.05, 0.1) is 16.7 Å². The van der Waals surface area contributed by atoms with Gasteiger partial charge in [-0.05, 0) is 70.7 Å². The molecule has 2 aliphatic heterocycles. The van der Waals surface area contributed by atoms with Crippen LogP contribution in [0.1, 0.15) is 51.7 Å². The molecule has 190 valence electrons. The average molecular weight is 498 g/mol. The lowest BCUT2D eigenvalue weighted by Gasteiger charge is -2.48. The Morgan fingerprint density at radius 2 is 1.26 bits per heavy atom. The van der Waals surface area contributed by atoms with Gasteiger partial charge in [0.1, 0.15) is 5.82 Å². The number of para-hydroxylation sites is 3. The summed E-state index contributed by atoms with van der Waals surface area (Å²) in [5.74, 6) is 1.02. The van der Waals surface area contributed by atoms with Crippen LogP contribution in [-0.2, 0) is 10.8 Å². The molecule has 0 spiro atoms. The number of nitrogens with zero attached hydrogens (tertiary/aromatic N) is 3. The SMILES string of the molecule is CC1(C)CCN2CCC(C)(C)c3cc(-c4nc5ccccc5n4-c4ccccc4-c4ccccc4)cc1c32. The molecular formula is C35H35N3. The monoisotopic (exact) mass is 497 g/mol. The summed E-state index contributed by atoms with van der Waals surface area (Å²) in [6.45, 7) is 12.0. The van der Waals surface area contributed by atoms with E-state index in [1.807, 2.05) is 0 Å². The number of imidazole rings is 1. The topological polar surface area (TPSA) is 21.1 Å². The van der Waals surface area contributed by atoms with Crippen LogP contribution in [0.15, 0.2) is 91.0 Å². The predicted molar refractivity (Wildman–Crippen MR) is 159 cm³/mol. The molecule has 1 aromatic heterocycles. The standard InChI is InChI=1S/C35H35N3/c1-34(2)18-20-37-21-19-35(3,4)28-23-25(22-27(34)32(28)37)33-36-29-15-9-11-17-31(29)38(33)30-16-10-8-14-26(30)24-12-6-5-7-13-24/h5-17,22-23H,18-21H2,1-4H3. The fourth-order valence-electron chi connectivity index (χ4n) is 6.56. The summed E-state index contributed by atoms with van der Waals surface area (Å²) in [5, 5.41) is 0. The lowest BCUT2D eigenvalue weighted by molar-refractivity contribution is 0.402. The number of aromatic nitrogens is 2. The molecule has 0 saturated heterocycles. The molecule has 0 N–H and O–H groups in total. The summed E-state index contributed by atoms with van der Waals surface area (Å²) in [4.78, 5) is 7.94. The van der Waals surface area contributed by atoms with Gasteiger partial charge < -0.3 is 4.90 Å². The van der Waals surface area contributed by atoms with Crippen LogP contribution in [0.5, 0.6) is 0 Å². The summed E-state index contributed by atoms with van der Waals surface area (Å²) in [6.07, 6.45) is 2.35. The van der Waals surface area contributed by atoms with Crippen LogP contribution in [-0.4, -0.2) is 22.6 Å². The summed E-state index contributed by atoms with van der Waals surface area (Å²) in [5.41, 5.74) is 11.6. The van der Waals surface area contributed by atoms with Crippen molar-refractivity contribution < 1.29 is 0 Å². The lowest BCUT2D eigenvalue weighted by Crippen LogP contribution is -2.44. The third-order valence-electron chi connectivity index (χ3n) is 8.95. The number of benzene rings is 4. The number of rotatable bonds is 3. The first-order chi connectivity index (χ1) is 18.3. The van der Waals surface area contributed by atoms with Gasteiger partial charge in [-0.15, -0.1) is 0 Å². The highest BCUT2D eigenvalue weighted by Gasteiger charge is 2.40. The third-order valence-corrected chi connectivity index (χ3v) is 8.95. The first-order valence-electron chi connectivity index (χ1n) is 13.9. The molecule has 0 atom stereocenters. The van der Waals surface area contributed by atoms with Crippen molar-refractivity contribution in [3.8, 4) is 28.2 Å². The zero-order valence-corrected chi connectivity index (χ0v) is 22.8. The van der Waals surface area contributed by atoms with Gasteiger partial charge in [0, 0.05) is 29.9 Å². The number of anilines is 1. The normalized spacial score (nSPS) is 17.4. The highest BCUT2D eigenvalue weighted by Crippen LogP contribution is 2.50. The van der Waals surface area contributed by atoms with Crippen LogP contribution < -0.4 is 4.90 Å². The molecular weight excluding hydrogens is 462 g/mol. The van der Waals surface area contributed by atoms with Crippen molar-refractivity contribution in [2.24, 2.45) is 0 Å². The van der Waals surface area contributed by atoms with Gasteiger partial charge in [-0.3, -0.25) is 4.57 Å². The highest BCUT2D eigenvalue weighted by molar-refractivity contribution is 5.87. The zero-order chi connectivity index (χ0) is 26.1. The number of fused-ring (bicyclic) bond motifs is 1. The quantitative estimate of drug-likeness (QED) is 0.249. The Labute approximate surface area is 225 Å². The van der Waals surface area contributed by atoms with Crippen molar-refractivity contribution in [1.82, 2.24) is 9.55 Å². The second-order valence-electron chi connectivity index (χ2n) is 12.3. The largest absolute Gasteiger partial charge is 0.371 e. The third kappa shape index (κ3) is 3.52. The summed E-state index contributed by atoms with van der Waals surface area (Å²) >= 11 is 0. The Morgan fingerprint density at radius 1 is 0.658 bits per heavy atom. The number of hydrogen-bond acceptors (Lipinski definition) is 2. The first-order valence-corrected chi connectivity index (χ1v) is 13.9. The van der Waals surface area contributed by atoms with Crippen LogP contribution in [0.3, 0.4) is 0 Å². The molecule has 5 aromatic rings. The second kappa shape index (κ2) is 8.33. The van der Waals surface area contributed by atoms with Crippen LogP contribution in [0, 0.1) is 0 Å². The Kier molecular flexibility index (Phi) is 5.10. The van der Waals surface area contributed by atoms with Gasteiger partial charge in [0.2, 0.25) is 0 Å². The van der Waals surface area contributed by atoms with E-state index in [1.165, 1.54) is 46.3 Å². The lowest BCUT2D eigenvalue weighted by atomic mass is 9.69. The van der Waals surface area contributed by atoms with Gasteiger partial charge in [-0.2, -0.15) is 0 Å². The summed E-state index contributed by atoms with van der Waals surface area (Å²) in [6, 6.07) is 32.9. The van der Waals surface area contributed by atoms with E-state index in [-0.39, 0.29) is 10.8 Å². The Balaban J connectivity index is 1.54. The van der Waals surface area contributed by atoms with E-state index in [1.54, 1.807) is 0 Å². The summed E-state index contributed by atoms with van der Waals surface area (Å²) < 4.78 is 2.38. The van der Waals surface area contributed by atoms with Gasteiger partial charge in [0.15, 0.2) is 0 Å². The second-order valence-corrected chi connectivity index (χ2v) is 12.3. The maximum atomic E-state index is 5.30. The summed E-state index contributed by atoms with van der Waals surface area (Å²) in [7, 11) is 0. The molecule has 0 saturated carbocycles. The molecule has 4 aromatic carbocycles. The Morgan fingerprint density at radius 3 is 1.97 bits per heavy atom. The molecule has 0 bridgehead atoms. The molecule has 2 aliphatic rings. The molecule has 38 heavy (non-hydrogen) atoms. The van der Waals surface area contributed by atoms with Crippen LogP contribution >= 0.6 is 0 Å². The molecule has 3 heteroatoms. The smallest absolute Gasteiger partial charge is 0.145 e. The minimum atomic E-state index is 0.128. The van der Waals surface area contributed by atoms with Crippen molar-refractivity contribution in [3.05, 3.63) is 102 Å². The first kappa shape index (κ1) is 23.3. The van der Waals surface area contributed by atoms with E-state index in [2.05, 4.69) is 128 Å². The fourth-order valence-corrected chi connectivity index (χ4v) is 6.56. The van der Waals surface area contributed by atoms with E-state index >= 15 is 0 Å². The zero-order valence-electron chi connectivity index (χ0n) is 22.8. The van der Waals surface area contributed by atoms with E-state index in [0.29, 0.717) is 0 Å². The average Bonchev–Trinajstić information content (AvgIpc) is 3.32. The highest BCUT2D eigenvalue weighted by atomic mass is 15.2. The van der Waals surface area contributed by atoms with E-state index in [9.17, 15) is 0 Å². The van der Waals surface area contributed by atoms with Gasteiger partial charge in [-0.1, -0.05) is 88.4 Å². The molecule has 0 unspecified atom stereocenters. The molecule has 0 radical (unpaired) electrons. The van der Waals surface area contributed by atoms with E-state index < -0.39 is 0 Å². The molecule has 0 amide bonds. The molecule has 7 rings (SSSR count). The molecule has 3 nitrogen and oxygen atoms in total. The van der Waals surface area contributed by atoms with Gasteiger partial charge >= 0.3 is 0 Å². The van der Waals surface area contributed by atoms with Crippen LogP contribution in [0.25, 0.3) is 39.2 Å². The van der Waals surface area contributed by atoms with Gasteiger partial charge in [-0.25, -0.2) is 4.98 Å². The van der Waals surface area contributed by atoms with Crippen molar-refractivity contribution in [2.45, 2.75) is 51.4 Å². The van der Waals surface area contributed by atoms with Crippen molar-refractivity contribution >= 4 is 16.7 Å². The van der Waals surface area contributed by atoms with Crippen molar-refractivity contribution in [3.63, 3.8) is 0 Å². The van der Waals surface area contributed by atoms with Gasteiger partial charge in [0.25, 0.3) is 0 Å². The Bertz CT molecular complexity index is 1630. The van der Waals surface area contributed by atoms with Crippen LogP contribution in [0.2, 0.25) is 0 Å². The fraction of sp³-hybridized carbons (Fsp3) is 0.286.